The molecule has 0 aromatic rings. The number of carbonyl (C=O) groups is 4. The molecule has 0 rings (SSSR count). The molecule has 0 aliphatic carbocycles. The fraction of sp³-hybridized carbons (Fsp3) is 0.945. The minimum atomic E-state index is -4.95. The summed E-state index contributed by atoms with van der Waals surface area (Å²) in [6.07, 6.45) is 54.3. The van der Waals surface area contributed by atoms with E-state index >= 15 is 0 Å². The maximum absolute atomic E-state index is 13.1. The second-order valence-corrected chi connectivity index (χ2v) is 29.7. The number of hydrogen-bond acceptors (Lipinski definition) is 15. The third kappa shape index (κ3) is 66.7. The predicted molar refractivity (Wildman–Crippen MR) is 372 cm³/mol. The average molecular weight is 1350 g/mol. The summed E-state index contributed by atoms with van der Waals surface area (Å²) in [6.45, 7) is 7.19. The van der Waals surface area contributed by atoms with Crippen LogP contribution < -0.4 is 0 Å². The molecule has 3 N–H and O–H groups in total. The molecule has 0 spiro atoms. The Balaban J connectivity index is 5.19. The van der Waals surface area contributed by atoms with Crippen molar-refractivity contribution in [3.63, 3.8) is 0 Å². The van der Waals surface area contributed by atoms with Crippen LogP contribution >= 0.6 is 15.6 Å². The van der Waals surface area contributed by atoms with Crippen LogP contribution in [0.25, 0.3) is 0 Å². The summed E-state index contributed by atoms with van der Waals surface area (Å²) >= 11 is 0. The summed E-state index contributed by atoms with van der Waals surface area (Å²) in [5.74, 6) is -1.40. The lowest BCUT2D eigenvalue weighted by atomic mass is 10.0. The zero-order chi connectivity index (χ0) is 67.7. The molecule has 0 aromatic carbocycles. The molecule has 0 fully saturated rings. The summed E-state index contributed by atoms with van der Waals surface area (Å²) in [6, 6.07) is 0. The van der Waals surface area contributed by atoms with Crippen molar-refractivity contribution >= 4 is 39.5 Å². The molecule has 0 aliphatic rings. The lowest BCUT2D eigenvalue weighted by Gasteiger charge is -2.21. The van der Waals surface area contributed by atoms with Gasteiger partial charge in [0.25, 0.3) is 0 Å². The van der Waals surface area contributed by atoms with Crippen LogP contribution in [0.5, 0.6) is 0 Å². The molecular weight excluding hydrogens is 1210 g/mol. The molecule has 5 atom stereocenters. The highest BCUT2D eigenvalue weighted by Crippen LogP contribution is 2.45. The van der Waals surface area contributed by atoms with Crippen LogP contribution in [0, 0.1) is 5.92 Å². The first-order chi connectivity index (χ1) is 44.5. The van der Waals surface area contributed by atoms with Crippen LogP contribution in [-0.2, 0) is 65.4 Å². The molecule has 0 saturated carbocycles. The van der Waals surface area contributed by atoms with E-state index in [1.54, 1.807) is 0 Å². The van der Waals surface area contributed by atoms with Crippen molar-refractivity contribution in [2.45, 2.75) is 400 Å². The van der Waals surface area contributed by atoms with Crippen molar-refractivity contribution < 1.29 is 80.2 Å². The second-order valence-electron chi connectivity index (χ2n) is 26.8. The van der Waals surface area contributed by atoms with E-state index in [9.17, 15) is 43.2 Å². The van der Waals surface area contributed by atoms with E-state index < -0.39 is 97.5 Å². The fourth-order valence-electron chi connectivity index (χ4n) is 11.2. The summed E-state index contributed by atoms with van der Waals surface area (Å²) in [7, 11) is -9.90. The summed E-state index contributed by atoms with van der Waals surface area (Å²) < 4.78 is 68.3. The zero-order valence-corrected chi connectivity index (χ0v) is 61.5. The quantitative estimate of drug-likeness (QED) is 0.0222. The van der Waals surface area contributed by atoms with Gasteiger partial charge in [0, 0.05) is 25.7 Å². The Labute approximate surface area is 562 Å². The summed E-state index contributed by atoms with van der Waals surface area (Å²) in [5, 5.41) is 10.6. The van der Waals surface area contributed by atoms with E-state index in [1.165, 1.54) is 193 Å². The number of rotatable bonds is 73. The van der Waals surface area contributed by atoms with E-state index in [0.717, 1.165) is 109 Å². The van der Waals surface area contributed by atoms with Crippen molar-refractivity contribution in [2.75, 3.05) is 39.6 Å². The van der Waals surface area contributed by atoms with Crippen molar-refractivity contribution in [3.8, 4) is 0 Å². The number of esters is 4. The maximum Gasteiger partial charge on any atom is 0.472 e. The number of phosphoric acid groups is 2. The number of phosphoric ester groups is 2. The maximum atomic E-state index is 13.1. The van der Waals surface area contributed by atoms with Gasteiger partial charge in [0.15, 0.2) is 12.2 Å². The standard InChI is InChI=1S/C73H142O17P2/c1-6-9-12-15-18-20-22-24-26-28-30-32-34-36-42-47-52-57-71(76)84-63-69(89-72(77)58-53-48-43-37-35-33-31-29-27-25-23-21-19-16-13-10-7-2)65-88-92(81,82)86-61-67(74)60-85-91(79,80)87-64-68(62-83-70(75)56-51-46-40-17-14-11-8-3)90-73(78)59-54-49-44-39-38-41-45-50-55-66(4)5/h66-69,74H,6-65H2,1-5H3,(H,79,80)(H,81,82)/t67-,68+,69+/m0/s1. The highest BCUT2D eigenvalue weighted by Gasteiger charge is 2.30. The number of aliphatic hydroxyl groups is 1. The van der Waals surface area contributed by atoms with Crippen LogP contribution in [0.3, 0.4) is 0 Å². The molecule has 0 radical (unpaired) electrons. The van der Waals surface area contributed by atoms with Gasteiger partial charge in [0.05, 0.1) is 26.4 Å². The van der Waals surface area contributed by atoms with Gasteiger partial charge < -0.3 is 33.8 Å². The summed E-state index contributed by atoms with van der Waals surface area (Å²) in [4.78, 5) is 72.5. The zero-order valence-electron chi connectivity index (χ0n) is 59.7. The topological polar surface area (TPSA) is 237 Å². The molecule has 0 bridgehead atoms. The highest BCUT2D eigenvalue weighted by molar-refractivity contribution is 7.47. The molecular formula is C73H142O17P2. The number of hydrogen-bond donors (Lipinski definition) is 3. The third-order valence-corrected chi connectivity index (χ3v) is 18.9. The lowest BCUT2D eigenvalue weighted by Crippen LogP contribution is -2.30. The Morgan fingerprint density at radius 2 is 0.500 bits per heavy atom. The van der Waals surface area contributed by atoms with Gasteiger partial charge in [-0.1, -0.05) is 330 Å². The Hall–Kier alpha value is -1.94. The third-order valence-electron chi connectivity index (χ3n) is 17.0. The molecule has 546 valence electrons. The summed E-state index contributed by atoms with van der Waals surface area (Å²) in [5.41, 5.74) is 0. The average Bonchev–Trinajstić information content (AvgIpc) is 1.92. The Morgan fingerprint density at radius 1 is 0.293 bits per heavy atom. The van der Waals surface area contributed by atoms with Gasteiger partial charge in [0.2, 0.25) is 0 Å². The van der Waals surface area contributed by atoms with Crippen molar-refractivity contribution in [3.05, 3.63) is 0 Å². The van der Waals surface area contributed by atoms with Crippen LogP contribution in [0.15, 0.2) is 0 Å². The van der Waals surface area contributed by atoms with Gasteiger partial charge in [-0.05, 0) is 31.6 Å². The Bertz CT molecular complexity index is 1770. The predicted octanol–water partition coefficient (Wildman–Crippen LogP) is 21.3. The highest BCUT2D eigenvalue weighted by atomic mass is 31.2. The SMILES string of the molecule is CCCCCCCCCCCCCCCCCCCC(=O)OC[C@H](COP(=O)(O)OC[C@@H](O)COP(=O)(O)OC[C@@H](COC(=O)CCCCCCCCC)OC(=O)CCCCCCCCCCC(C)C)OC(=O)CCCCCCCCCCCCCCCCCCC. The van der Waals surface area contributed by atoms with E-state index in [4.69, 9.17) is 37.0 Å². The van der Waals surface area contributed by atoms with Gasteiger partial charge >= 0.3 is 39.5 Å². The van der Waals surface area contributed by atoms with Crippen molar-refractivity contribution in [1.29, 1.82) is 0 Å². The fourth-order valence-corrected chi connectivity index (χ4v) is 12.8. The smallest absolute Gasteiger partial charge is 0.462 e. The van der Waals surface area contributed by atoms with Gasteiger partial charge in [-0.15, -0.1) is 0 Å². The number of unbranched alkanes of at least 4 members (excludes halogenated alkanes) is 45. The molecule has 0 saturated heterocycles. The first kappa shape index (κ1) is 90.1. The molecule has 0 heterocycles. The van der Waals surface area contributed by atoms with Crippen molar-refractivity contribution in [2.24, 2.45) is 5.92 Å². The molecule has 17 nitrogen and oxygen atoms in total. The minimum Gasteiger partial charge on any atom is -0.462 e. The van der Waals surface area contributed by atoms with Gasteiger partial charge in [0.1, 0.15) is 19.3 Å². The van der Waals surface area contributed by atoms with Gasteiger partial charge in [-0.25, -0.2) is 9.13 Å². The first-order valence-electron chi connectivity index (χ1n) is 38.1. The monoisotopic (exact) mass is 1350 g/mol. The Kier molecular flexibility index (Phi) is 64.9. The van der Waals surface area contributed by atoms with Crippen molar-refractivity contribution in [1.82, 2.24) is 0 Å². The molecule has 92 heavy (non-hydrogen) atoms. The second kappa shape index (κ2) is 66.3. The molecule has 0 aromatic heterocycles. The lowest BCUT2D eigenvalue weighted by molar-refractivity contribution is -0.161. The van der Waals surface area contributed by atoms with E-state index in [2.05, 4.69) is 34.6 Å². The molecule has 2 unspecified atom stereocenters. The number of aliphatic hydroxyl groups excluding tert-OH is 1. The normalized spacial score (nSPS) is 14.0. The van der Waals surface area contributed by atoms with Crippen LogP contribution in [0.1, 0.15) is 381 Å². The Morgan fingerprint density at radius 3 is 0.739 bits per heavy atom. The van der Waals surface area contributed by atoms with E-state index in [-0.39, 0.29) is 25.7 Å². The number of ether oxygens (including phenoxy) is 4. The molecule has 19 heteroatoms. The molecule has 0 aliphatic heterocycles. The van der Waals surface area contributed by atoms with E-state index in [0.29, 0.717) is 25.7 Å². The molecule has 0 amide bonds. The number of carbonyl (C=O) groups excluding carboxylic acids is 4. The van der Waals surface area contributed by atoms with Crippen LogP contribution in [-0.4, -0.2) is 96.7 Å². The minimum absolute atomic E-state index is 0.104. The van der Waals surface area contributed by atoms with Gasteiger partial charge in [-0.2, -0.15) is 0 Å². The first-order valence-corrected chi connectivity index (χ1v) is 41.1. The van der Waals surface area contributed by atoms with E-state index in [1.807, 2.05) is 0 Å². The van der Waals surface area contributed by atoms with Crippen LogP contribution in [0.2, 0.25) is 0 Å². The largest absolute Gasteiger partial charge is 0.472 e. The van der Waals surface area contributed by atoms with Crippen LogP contribution in [0.4, 0.5) is 0 Å². The van der Waals surface area contributed by atoms with Gasteiger partial charge in [-0.3, -0.25) is 37.3 Å².